The molecule has 0 aliphatic carbocycles. The Hall–Kier alpha value is -0.810. The number of morpholine rings is 1. The lowest BCUT2D eigenvalue weighted by molar-refractivity contribution is 0.122. The third-order valence-corrected chi connectivity index (χ3v) is 2.70. The van der Waals surface area contributed by atoms with E-state index in [-0.39, 0.29) is 0 Å². The van der Waals surface area contributed by atoms with Crippen molar-refractivity contribution >= 4 is 17.6 Å². The summed E-state index contributed by atoms with van der Waals surface area (Å²) in [5.41, 5.74) is 0. The molecule has 2 heterocycles. The van der Waals surface area contributed by atoms with Crippen LogP contribution in [0.25, 0.3) is 0 Å². The standard InChI is InChI=1S/C9H13N3OS/c1-14-9-10-3-2-8(11-9)12-4-6-13-7-5-12/h2-3H,4-7H2,1H3. The van der Waals surface area contributed by atoms with Crippen molar-refractivity contribution in [1.82, 2.24) is 9.97 Å². The SMILES string of the molecule is CSc1nccc(N2CCOCC2)n1. The Kier molecular flexibility index (Phi) is 3.21. The molecule has 1 aliphatic heterocycles. The summed E-state index contributed by atoms with van der Waals surface area (Å²) in [4.78, 5) is 10.8. The van der Waals surface area contributed by atoms with E-state index in [9.17, 15) is 0 Å². The van der Waals surface area contributed by atoms with Gasteiger partial charge in [-0.2, -0.15) is 0 Å². The van der Waals surface area contributed by atoms with Crippen LogP contribution in [-0.4, -0.2) is 42.5 Å². The predicted molar refractivity (Wildman–Crippen MR) is 56.8 cm³/mol. The van der Waals surface area contributed by atoms with Crippen molar-refractivity contribution in [2.75, 3.05) is 37.5 Å². The number of thioether (sulfide) groups is 1. The highest BCUT2D eigenvalue weighted by atomic mass is 32.2. The van der Waals surface area contributed by atoms with Crippen LogP contribution in [0.4, 0.5) is 5.82 Å². The highest BCUT2D eigenvalue weighted by Gasteiger charge is 2.12. The summed E-state index contributed by atoms with van der Waals surface area (Å²) < 4.78 is 5.29. The quantitative estimate of drug-likeness (QED) is 0.539. The second-order valence-electron chi connectivity index (χ2n) is 3.00. The van der Waals surface area contributed by atoms with Gasteiger partial charge in [0.15, 0.2) is 5.16 Å². The summed E-state index contributed by atoms with van der Waals surface area (Å²) in [6.07, 6.45) is 3.79. The van der Waals surface area contributed by atoms with E-state index in [0.29, 0.717) is 0 Å². The molecule has 0 atom stereocenters. The molecule has 1 aliphatic rings. The van der Waals surface area contributed by atoms with Gasteiger partial charge in [-0.15, -0.1) is 0 Å². The lowest BCUT2D eigenvalue weighted by Crippen LogP contribution is -2.36. The molecule has 5 heteroatoms. The molecule has 1 aromatic heterocycles. The Balaban J connectivity index is 2.13. The fourth-order valence-electron chi connectivity index (χ4n) is 1.40. The number of nitrogens with zero attached hydrogens (tertiary/aromatic N) is 3. The molecule has 0 saturated carbocycles. The summed E-state index contributed by atoms with van der Waals surface area (Å²) in [7, 11) is 0. The van der Waals surface area contributed by atoms with Crippen LogP contribution in [0.2, 0.25) is 0 Å². The first-order chi connectivity index (χ1) is 6.90. The van der Waals surface area contributed by atoms with Crippen molar-refractivity contribution in [1.29, 1.82) is 0 Å². The number of hydrogen-bond donors (Lipinski definition) is 0. The summed E-state index contributed by atoms with van der Waals surface area (Å²) in [5, 5.41) is 0.828. The average molecular weight is 211 g/mol. The lowest BCUT2D eigenvalue weighted by Gasteiger charge is -2.27. The first-order valence-electron chi connectivity index (χ1n) is 4.60. The minimum absolute atomic E-state index is 0.790. The molecule has 0 radical (unpaired) electrons. The van der Waals surface area contributed by atoms with Crippen molar-refractivity contribution in [3.05, 3.63) is 12.3 Å². The van der Waals surface area contributed by atoms with Crippen LogP contribution in [0.5, 0.6) is 0 Å². The highest BCUT2D eigenvalue weighted by molar-refractivity contribution is 7.98. The largest absolute Gasteiger partial charge is 0.378 e. The molecular weight excluding hydrogens is 198 g/mol. The fraction of sp³-hybridized carbons (Fsp3) is 0.556. The Labute approximate surface area is 87.7 Å². The number of anilines is 1. The van der Waals surface area contributed by atoms with Crippen LogP contribution in [0.3, 0.4) is 0 Å². The zero-order chi connectivity index (χ0) is 9.80. The number of ether oxygens (including phenoxy) is 1. The first kappa shape index (κ1) is 9.73. The van der Waals surface area contributed by atoms with E-state index in [1.807, 2.05) is 18.5 Å². The summed E-state index contributed by atoms with van der Waals surface area (Å²) in [6.45, 7) is 3.42. The van der Waals surface area contributed by atoms with Gasteiger partial charge in [-0.3, -0.25) is 0 Å². The summed E-state index contributed by atoms with van der Waals surface area (Å²) >= 11 is 1.57. The second-order valence-corrected chi connectivity index (χ2v) is 3.77. The number of rotatable bonds is 2. The minimum Gasteiger partial charge on any atom is -0.378 e. The second kappa shape index (κ2) is 4.61. The van der Waals surface area contributed by atoms with E-state index < -0.39 is 0 Å². The van der Waals surface area contributed by atoms with E-state index in [4.69, 9.17) is 4.74 Å². The fourth-order valence-corrected chi connectivity index (χ4v) is 1.75. The molecule has 4 nitrogen and oxygen atoms in total. The van der Waals surface area contributed by atoms with Gasteiger partial charge < -0.3 is 9.64 Å². The molecule has 0 amide bonds. The number of hydrogen-bond acceptors (Lipinski definition) is 5. The maximum absolute atomic E-state index is 5.29. The topological polar surface area (TPSA) is 38.2 Å². The van der Waals surface area contributed by atoms with Gasteiger partial charge in [-0.1, -0.05) is 11.8 Å². The van der Waals surface area contributed by atoms with Crippen LogP contribution in [0.15, 0.2) is 17.4 Å². The third kappa shape index (κ3) is 2.16. The van der Waals surface area contributed by atoms with E-state index in [1.54, 1.807) is 11.8 Å². The molecule has 0 bridgehead atoms. The van der Waals surface area contributed by atoms with Crippen molar-refractivity contribution in [2.45, 2.75) is 5.16 Å². The summed E-state index contributed by atoms with van der Waals surface area (Å²) in [5.74, 6) is 1.01. The maximum atomic E-state index is 5.29. The van der Waals surface area contributed by atoms with Crippen LogP contribution >= 0.6 is 11.8 Å². The Bertz CT molecular complexity index is 302. The van der Waals surface area contributed by atoms with E-state index in [0.717, 1.165) is 37.3 Å². The Morgan fingerprint density at radius 3 is 2.93 bits per heavy atom. The van der Waals surface area contributed by atoms with Gasteiger partial charge in [0.05, 0.1) is 13.2 Å². The molecule has 1 fully saturated rings. The lowest BCUT2D eigenvalue weighted by atomic mass is 10.4. The van der Waals surface area contributed by atoms with Crippen molar-refractivity contribution in [2.24, 2.45) is 0 Å². The normalized spacial score (nSPS) is 17.1. The average Bonchev–Trinajstić information content (AvgIpc) is 2.30. The van der Waals surface area contributed by atoms with Gasteiger partial charge in [0.1, 0.15) is 5.82 Å². The molecule has 0 spiro atoms. The first-order valence-corrected chi connectivity index (χ1v) is 5.82. The van der Waals surface area contributed by atoms with Gasteiger partial charge in [0.2, 0.25) is 0 Å². The molecule has 2 rings (SSSR count). The molecule has 1 saturated heterocycles. The smallest absolute Gasteiger partial charge is 0.189 e. The van der Waals surface area contributed by atoms with Crippen molar-refractivity contribution in [3.8, 4) is 0 Å². The predicted octanol–water partition coefficient (Wildman–Crippen LogP) is 1.04. The van der Waals surface area contributed by atoms with E-state index >= 15 is 0 Å². The van der Waals surface area contributed by atoms with E-state index in [1.165, 1.54) is 0 Å². The summed E-state index contributed by atoms with van der Waals surface area (Å²) in [6, 6.07) is 1.95. The molecule has 0 N–H and O–H groups in total. The van der Waals surface area contributed by atoms with E-state index in [2.05, 4.69) is 14.9 Å². The third-order valence-electron chi connectivity index (χ3n) is 2.14. The van der Waals surface area contributed by atoms with Gasteiger partial charge in [-0.25, -0.2) is 9.97 Å². The number of aromatic nitrogens is 2. The zero-order valence-electron chi connectivity index (χ0n) is 8.14. The molecule has 76 valence electrons. The van der Waals surface area contributed by atoms with Gasteiger partial charge in [-0.05, 0) is 12.3 Å². The highest BCUT2D eigenvalue weighted by Crippen LogP contribution is 2.15. The minimum atomic E-state index is 0.790. The molecule has 1 aromatic rings. The van der Waals surface area contributed by atoms with Crippen LogP contribution < -0.4 is 4.90 Å². The zero-order valence-corrected chi connectivity index (χ0v) is 8.96. The van der Waals surface area contributed by atoms with Crippen molar-refractivity contribution in [3.63, 3.8) is 0 Å². The van der Waals surface area contributed by atoms with Crippen LogP contribution in [0, 0.1) is 0 Å². The van der Waals surface area contributed by atoms with Gasteiger partial charge in [0, 0.05) is 19.3 Å². The molecular formula is C9H13N3OS. The molecule has 0 aromatic carbocycles. The maximum Gasteiger partial charge on any atom is 0.189 e. The van der Waals surface area contributed by atoms with Crippen LogP contribution in [0.1, 0.15) is 0 Å². The van der Waals surface area contributed by atoms with Crippen molar-refractivity contribution < 1.29 is 4.74 Å². The Morgan fingerprint density at radius 1 is 1.43 bits per heavy atom. The van der Waals surface area contributed by atoms with Crippen LogP contribution in [-0.2, 0) is 4.74 Å². The monoisotopic (exact) mass is 211 g/mol. The molecule has 14 heavy (non-hydrogen) atoms. The molecule has 0 unspecified atom stereocenters. The van der Waals surface area contributed by atoms with Gasteiger partial charge >= 0.3 is 0 Å². The van der Waals surface area contributed by atoms with Gasteiger partial charge in [0.25, 0.3) is 0 Å². The Morgan fingerprint density at radius 2 is 2.21 bits per heavy atom.